The van der Waals surface area contributed by atoms with Gasteiger partial charge in [-0.2, -0.15) is 0 Å². The number of ether oxygens (including phenoxy) is 1. The van der Waals surface area contributed by atoms with Crippen molar-refractivity contribution >= 4 is 34.4 Å². The normalized spacial score (nSPS) is 21.5. The fraction of sp³-hybridized carbons (Fsp3) is 0.562. The SMILES string of the molecule is CC(C)(C)OC(=O)NC1CCN(Cc2ccc([N+](=O)[O-])cc2)C1I. The molecule has 1 aliphatic rings. The van der Waals surface area contributed by atoms with Gasteiger partial charge in [-0.05, 0) is 32.8 Å². The number of carbonyl (C=O) groups is 1. The Labute approximate surface area is 155 Å². The van der Waals surface area contributed by atoms with Gasteiger partial charge in [0.15, 0.2) is 0 Å². The van der Waals surface area contributed by atoms with Gasteiger partial charge in [-0.3, -0.25) is 15.0 Å². The number of carbonyl (C=O) groups excluding carboxylic acids is 1. The number of nitro groups is 1. The number of hydrogen-bond donors (Lipinski definition) is 1. The molecule has 1 aliphatic heterocycles. The zero-order chi connectivity index (χ0) is 17.9. The molecule has 1 fully saturated rings. The van der Waals surface area contributed by atoms with Crippen LogP contribution in [0.2, 0.25) is 0 Å². The molecule has 0 saturated carbocycles. The van der Waals surface area contributed by atoms with Crippen LogP contribution in [0.1, 0.15) is 32.8 Å². The summed E-state index contributed by atoms with van der Waals surface area (Å²) < 4.78 is 5.45. The largest absolute Gasteiger partial charge is 0.444 e. The second kappa shape index (κ2) is 7.64. The summed E-state index contributed by atoms with van der Waals surface area (Å²) in [6.07, 6.45) is 0.450. The van der Waals surface area contributed by atoms with Crippen LogP contribution in [0.15, 0.2) is 24.3 Å². The van der Waals surface area contributed by atoms with Gasteiger partial charge in [-0.25, -0.2) is 4.79 Å². The van der Waals surface area contributed by atoms with E-state index in [1.54, 1.807) is 12.1 Å². The highest BCUT2D eigenvalue weighted by molar-refractivity contribution is 14.1. The van der Waals surface area contributed by atoms with Crippen LogP contribution < -0.4 is 5.32 Å². The summed E-state index contributed by atoms with van der Waals surface area (Å²) in [5.74, 6) is 0. The highest BCUT2D eigenvalue weighted by Crippen LogP contribution is 2.26. The van der Waals surface area contributed by atoms with Gasteiger partial charge < -0.3 is 10.1 Å². The van der Waals surface area contributed by atoms with Crippen molar-refractivity contribution in [3.8, 4) is 0 Å². The molecule has 1 aromatic rings. The minimum absolute atomic E-state index is 0.0264. The number of likely N-dealkylation sites (tertiary alicyclic amines) is 1. The van der Waals surface area contributed by atoms with E-state index >= 15 is 0 Å². The highest BCUT2D eigenvalue weighted by atomic mass is 127. The van der Waals surface area contributed by atoms with Crippen LogP contribution in [0, 0.1) is 10.1 Å². The number of nitrogens with zero attached hydrogens (tertiary/aromatic N) is 2. The summed E-state index contributed by atoms with van der Waals surface area (Å²) in [6, 6.07) is 6.61. The molecule has 2 unspecified atom stereocenters. The van der Waals surface area contributed by atoms with Crippen LogP contribution in [0.25, 0.3) is 0 Å². The Kier molecular flexibility index (Phi) is 6.02. The molecule has 1 heterocycles. The Morgan fingerprint density at radius 1 is 1.42 bits per heavy atom. The molecule has 132 valence electrons. The maximum atomic E-state index is 11.9. The summed E-state index contributed by atoms with van der Waals surface area (Å²) in [4.78, 5) is 24.4. The van der Waals surface area contributed by atoms with Crippen molar-refractivity contribution in [2.75, 3.05) is 6.54 Å². The van der Waals surface area contributed by atoms with Gasteiger partial charge in [0.05, 0.1) is 15.0 Å². The number of nitrogens with one attached hydrogen (secondary N) is 1. The summed E-state index contributed by atoms with van der Waals surface area (Å²) in [6.45, 7) is 7.06. The van der Waals surface area contributed by atoms with Gasteiger partial charge in [-0.15, -0.1) is 0 Å². The number of benzene rings is 1. The lowest BCUT2D eigenvalue weighted by Gasteiger charge is -2.25. The standard InChI is InChI=1S/C16H22IN3O4/c1-16(2,3)24-15(21)18-13-8-9-19(14(13)17)10-11-4-6-12(7-5-11)20(22)23/h4-7,13-14H,8-10H2,1-3H3,(H,18,21). The molecule has 24 heavy (non-hydrogen) atoms. The number of halogens is 1. The van der Waals surface area contributed by atoms with Gasteiger partial charge in [0.2, 0.25) is 0 Å². The second-order valence-electron chi connectivity index (χ2n) is 6.81. The lowest BCUT2D eigenvalue weighted by atomic mass is 10.2. The Morgan fingerprint density at radius 3 is 2.58 bits per heavy atom. The molecule has 1 N–H and O–H groups in total. The number of rotatable bonds is 4. The van der Waals surface area contributed by atoms with Gasteiger partial charge >= 0.3 is 6.09 Å². The topological polar surface area (TPSA) is 84.7 Å². The van der Waals surface area contributed by atoms with E-state index in [1.807, 2.05) is 20.8 Å². The van der Waals surface area contributed by atoms with Crippen LogP contribution >= 0.6 is 22.6 Å². The van der Waals surface area contributed by atoms with Crippen LogP contribution in [0.4, 0.5) is 10.5 Å². The van der Waals surface area contributed by atoms with E-state index in [2.05, 4.69) is 32.8 Å². The summed E-state index contributed by atoms with van der Waals surface area (Å²) in [5, 5.41) is 13.6. The fourth-order valence-corrected chi connectivity index (χ4v) is 3.56. The molecule has 7 nitrogen and oxygen atoms in total. The first-order valence-electron chi connectivity index (χ1n) is 7.77. The van der Waals surface area contributed by atoms with Gasteiger partial charge in [0.25, 0.3) is 5.69 Å². The molecular formula is C16H22IN3O4. The van der Waals surface area contributed by atoms with Gasteiger partial charge in [0, 0.05) is 25.2 Å². The van der Waals surface area contributed by atoms with Crippen molar-refractivity contribution in [2.24, 2.45) is 0 Å². The zero-order valence-corrected chi connectivity index (χ0v) is 16.1. The molecular weight excluding hydrogens is 425 g/mol. The van der Waals surface area contributed by atoms with E-state index in [0.29, 0.717) is 6.54 Å². The van der Waals surface area contributed by atoms with Crippen LogP contribution in [0.5, 0.6) is 0 Å². The number of alkyl carbamates (subject to hydrolysis) is 1. The second-order valence-corrected chi connectivity index (χ2v) is 8.08. The molecule has 8 heteroatoms. The first kappa shape index (κ1) is 18.9. The summed E-state index contributed by atoms with van der Waals surface area (Å²) in [7, 11) is 0. The maximum absolute atomic E-state index is 11.9. The molecule has 0 aliphatic carbocycles. The summed E-state index contributed by atoms with van der Waals surface area (Å²) in [5.41, 5.74) is 0.595. The van der Waals surface area contributed by atoms with E-state index in [4.69, 9.17) is 4.74 Å². The molecule has 1 saturated heterocycles. The molecule has 0 aromatic heterocycles. The fourth-order valence-electron chi connectivity index (χ4n) is 2.54. The first-order chi connectivity index (χ1) is 11.2. The highest BCUT2D eigenvalue weighted by Gasteiger charge is 2.34. The number of hydrogen-bond acceptors (Lipinski definition) is 5. The molecule has 0 radical (unpaired) electrons. The third-order valence-electron chi connectivity index (χ3n) is 3.64. The minimum Gasteiger partial charge on any atom is -0.444 e. The number of nitro benzene ring substituents is 1. The first-order valence-corrected chi connectivity index (χ1v) is 9.01. The monoisotopic (exact) mass is 447 g/mol. The molecule has 1 amide bonds. The average molecular weight is 447 g/mol. The lowest BCUT2D eigenvalue weighted by Crippen LogP contribution is -2.43. The van der Waals surface area contributed by atoms with Crippen molar-refractivity contribution in [1.82, 2.24) is 10.2 Å². The van der Waals surface area contributed by atoms with Crippen molar-refractivity contribution < 1.29 is 14.5 Å². The van der Waals surface area contributed by atoms with Gasteiger partial charge in [-0.1, -0.05) is 34.7 Å². The van der Waals surface area contributed by atoms with E-state index < -0.39 is 16.6 Å². The van der Waals surface area contributed by atoms with Crippen molar-refractivity contribution in [3.63, 3.8) is 0 Å². The van der Waals surface area contributed by atoms with Crippen LogP contribution in [-0.4, -0.2) is 38.2 Å². The van der Waals surface area contributed by atoms with Crippen LogP contribution in [0.3, 0.4) is 0 Å². The third kappa shape index (κ3) is 5.30. The lowest BCUT2D eigenvalue weighted by molar-refractivity contribution is -0.384. The molecule has 2 rings (SSSR count). The minimum atomic E-state index is -0.512. The van der Waals surface area contributed by atoms with E-state index in [0.717, 1.165) is 18.5 Å². The zero-order valence-electron chi connectivity index (χ0n) is 14.0. The Bertz CT molecular complexity index is 600. The quantitative estimate of drug-likeness (QED) is 0.251. The smallest absolute Gasteiger partial charge is 0.407 e. The predicted molar refractivity (Wildman–Crippen MR) is 99.1 cm³/mol. The average Bonchev–Trinajstić information content (AvgIpc) is 2.79. The molecule has 1 aromatic carbocycles. The number of alkyl halides is 1. The Balaban J connectivity index is 1.90. The maximum Gasteiger partial charge on any atom is 0.407 e. The van der Waals surface area contributed by atoms with Crippen molar-refractivity contribution in [1.29, 1.82) is 0 Å². The van der Waals surface area contributed by atoms with Crippen LogP contribution in [-0.2, 0) is 11.3 Å². The van der Waals surface area contributed by atoms with E-state index in [-0.39, 0.29) is 15.8 Å². The van der Waals surface area contributed by atoms with Crippen molar-refractivity contribution in [3.05, 3.63) is 39.9 Å². The summed E-state index contributed by atoms with van der Waals surface area (Å²) >= 11 is 2.32. The predicted octanol–water partition coefficient (Wildman–Crippen LogP) is 3.45. The molecule has 0 bridgehead atoms. The third-order valence-corrected chi connectivity index (χ3v) is 5.30. The van der Waals surface area contributed by atoms with E-state index in [1.165, 1.54) is 12.1 Å². The van der Waals surface area contributed by atoms with Crippen molar-refractivity contribution in [2.45, 2.75) is 49.4 Å². The number of amides is 1. The molecule has 2 atom stereocenters. The number of non-ortho nitro benzene ring substituents is 1. The Morgan fingerprint density at radius 2 is 2.04 bits per heavy atom. The molecule has 0 spiro atoms. The Hall–Kier alpha value is -1.42. The van der Waals surface area contributed by atoms with Gasteiger partial charge in [0.1, 0.15) is 5.60 Å². The van der Waals surface area contributed by atoms with E-state index in [9.17, 15) is 14.9 Å².